The van der Waals surface area contributed by atoms with Gasteiger partial charge in [0.05, 0.1) is 5.88 Å². The summed E-state index contributed by atoms with van der Waals surface area (Å²) in [4.78, 5) is 2.54. The van der Waals surface area contributed by atoms with Gasteiger partial charge in [-0.1, -0.05) is 33.3 Å². The SMILES string of the molecule is CCCN(CSCC)C(C)=C(C)C(C)CC. The lowest BCUT2D eigenvalue weighted by Crippen LogP contribution is -2.24. The molecule has 2 heteroatoms. The molecule has 0 aromatic rings. The van der Waals surface area contributed by atoms with Crippen LogP contribution in [0.1, 0.15) is 54.4 Å². The van der Waals surface area contributed by atoms with Crippen LogP contribution in [0.4, 0.5) is 0 Å². The Morgan fingerprint density at radius 3 is 2.25 bits per heavy atom. The average molecular weight is 243 g/mol. The monoisotopic (exact) mass is 243 g/mol. The Morgan fingerprint density at radius 1 is 1.19 bits per heavy atom. The lowest BCUT2D eigenvalue weighted by Gasteiger charge is -2.28. The fourth-order valence-corrected chi connectivity index (χ4v) is 2.44. The molecular weight excluding hydrogens is 214 g/mol. The van der Waals surface area contributed by atoms with Gasteiger partial charge in [-0.15, -0.1) is 11.8 Å². The van der Waals surface area contributed by atoms with Crippen LogP contribution < -0.4 is 0 Å². The molecule has 0 fully saturated rings. The van der Waals surface area contributed by atoms with Crippen LogP contribution in [0, 0.1) is 5.92 Å². The molecule has 1 nitrogen and oxygen atoms in total. The molecule has 96 valence electrons. The van der Waals surface area contributed by atoms with Gasteiger partial charge < -0.3 is 4.90 Å². The number of thioether (sulfide) groups is 1. The van der Waals surface area contributed by atoms with Gasteiger partial charge in [-0.05, 0) is 38.4 Å². The molecule has 0 aliphatic heterocycles. The van der Waals surface area contributed by atoms with Crippen LogP contribution in [0.15, 0.2) is 11.3 Å². The summed E-state index contributed by atoms with van der Waals surface area (Å²) in [5, 5.41) is 0. The van der Waals surface area contributed by atoms with Crippen LogP contribution >= 0.6 is 11.8 Å². The summed E-state index contributed by atoms with van der Waals surface area (Å²) in [7, 11) is 0. The third-order valence-electron chi connectivity index (χ3n) is 3.34. The molecule has 0 radical (unpaired) electrons. The van der Waals surface area contributed by atoms with E-state index in [4.69, 9.17) is 0 Å². The minimum Gasteiger partial charge on any atom is -0.366 e. The summed E-state index contributed by atoms with van der Waals surface area (Å²) in [6, 6.07) is 0. The van der Waals surface area contributed by atoms with Crippen molar-refractivity contribution >= 4 is 11.8 Å². The first-order chi connectivity index (χ1) is 7.58. The maximum atomic E-state index is 2.54. The van der Waals surface area contributed by atoms with E-state index in [0.717, 1.165) is 5.88 Å². The lowest BCUT2D eigenvalue weighted by molar-refractivity contribution is 0.391. The van der Waals surface area contributed by atoms with Gasteiger partial charge in [0.25, 0.3) is 0 Å². The highest BCUT2D eigenvalue weighted by atomic mass is 32.2. The zero-order chi connectivity index (χ0) is 12.6. The van der Waals surface area contributed by atoms with Crippen molar-refractivity contribution in [1.29, 1.82) is 0 Å². The lowest BCUT2D eigenvalue weighted by atomic mass is 9.98. The van der Waals surface area contributed by atoms with Crippen molar-refractivity contribution < 1.29 is 0 Å². The molecule has 0 saturated carbocycles. The summed E-state index contributed by atoms with van der Waals surface area (Å²) < 4.78 is 0. The fraction of sp³-hybridized carbons (Fsp3) is 0.857. The van der Waals surface area contributed by atoms with Gasteiger partial charge in [0.15, 0.2) is 0 Å². The third-order valence-corrected chi connectivity index (χ3v) is 4.24. The van der Waals surface area contributed by atoms with Gasteiger partial charge in [0, 0.05) is 12.2 Å². The van der Waals surface area contributed by atoms with Crippen LogP contribution in [-0.2, 0) is 0 Å². The van der Waals surface area contributed by atoms with E-state index in [2.05, 4.69) is 46.4 Å². The molecule has 1 unspecified atom stereocenters. The Balaban J connectivity index is 4.61. The first-order valence-electron chi connectivity index (χ1n) is 6.58. The van der Waals surface area contributed by atoms with Gasteiger partial charge in [-0.2, -0.15) is 0 Å². The molecule has 0 saturated heterocycles. The number of rotatable bonds is 8. The predicted octanol–water partition coefficient (Wildman–Crippen LogP) is 4.75. The summed E-state index contributed by atoms with van der Waals surface area (Å²) in [5.74, 6) is 3.06. The number of allylic oxidation sites excluding steroid dienone is 2. The molecule has 1 atom stereocenters. The number of hydrogen-bond donors (Lipinski definition) is 0. The third kappa shape index (κ3) is 5.29. The Morgan fingerprint density at radius 2 is 1.81 bits per heavy atom. The van der Waals surface area contributed by atoms with Crippen LogP contribution in [0.5, 0.6) is 0 Å². The Kier molecular flexibility index (Phi) is 8.91. The predicted molar refractivity (Wildman–Crippen MR) is 77.8 cm³/mol. The van der Waals surface area contributed by atoms with Crippen molar-refractivity contribution in [3.05, 3.63) is 11.3 Å². The summed E-state index contributed by atoms with van der Waals surface area (Å²) >= 11 is 2.01. The van der Waals surface area contributed by atoms with E-state index in [1.807, 2.05) is 11.8 Å². The highest BCUT2D eigenvalue weighted by Gasteiger charge is 2.10. The molecule has 0 aliphatic rings. The van der Waals surface area contributed by atoms with Crippen LogP contribution in [0.2, 0.25) is 0 Å². The summed E-state index contributed by atoms with van der Waals surface area (Å²) in [5.41, 5.74) is 3.06. The summed E-state index contributed by atoms with van der Waals surface area (Å²) in [6.07, 6.45) is 2.47. The van der Waals surface area contributed by atoms with Gasteiger partial charge >= 0.3 is 0 Å². The zero-order valence-electron chi connectivity index (χ0n) is 12.0. The minimum absolute atomic E-state index is 0.714. The molecule has 0 aromatic heterocycles. The standard InChI is InChI=1S/C14H29NS/c1-7-10-15(11-16-9-3)14(6)13(5)12(4)8-2/h12H,7-11H2,1-6H3. The molecule has 0 heterocycles. The van der Waals surface area contributed by atoms with E-state index in [0.29, 0.717) is 5.92 Å². The van der Waals surface area contributed by atoms with E-state index in [1.165, 1.54) is 30.8 Å². The zero-order valence-corrected chi connectivity index (χ0v) is 12.8. The van der Waals surface area contributed by atoms with Gasteiger partial charge in [-0.3, -0.25) is 0 Å². The molecule has 0 rings (SSSR count). The van der Waals surface area contributed by atoms with Crippen molar-refractivity contribution in [3.8, 4) is 0 Å². The molecule has 16 heavy (non-hydrogen) atoms. The second-order valence-corrected chi connectivity index (χ2v) is 5.71. The second kappa shape index (κ2) is 8.98. The largest absolute Gasteiger partial charge is 0.366 e. The minimum atomic E-state index is 0.714. The van der Waals surface area contributed by atoms with Gasteiger partial charge in [-0.25, -0.2) is 0 Å². The average Bonchev–Trinajstić information content (AvgIpc) is 2.31. The van der Waals surface area contributed by atoms with Crippen LogP contribution in [0.25, 0.3) is 0 Å². The van der Waals surface area contributed by atoms with E-state index < -0.39 is 0 Å². The van der Waals surface area contributed by atoms with Crippen molar-refractivity contribution in [2.75, 3.05) is 18.2 Å². The van der Waals surface area contributed by atoms with E-state index in [-0.39, 0.29) is 0 Å². The highest BCUT2D eigenvalue weighted by Crippen LogP contribution is 2.21. The molecule has 0 spiro atoms. The first kappa shape index (κ1) is 15.9. The molecule has 0 bridgehead atoms. The second-order valence-electron chi connectivity index (χ2n) is 4.46. The van der Waals surface area contributed by atoms with E-state index in [9.17, 15) is 0 Å². The quantitative estimate of drug-likeness (QED) is 0.566. The summed E-state index contributed by atoms with van der Waals surface area (Å²) in [6.45, 7) is 14.9. The van der Waals surface area contributed by atoms with Gasteiger partial charge in [0.1, 0.15) is 0 Å². The topological polar surface area (TPSA) is 3.24 Å². The number of nitrogens with zero attached hydrogens (tertiary/aromatic N) is 1. The normalized spacial score (nSPS) is 14.6. The van der Waals surface area contributed by atoms with Crippen LogP contribution in [-0.4, -0.2) is 23.1 Å². The van der Waals surface area contributed by atoms with Crippen molar-refractivity contribution in [3.63, 3.8) is 0 Å². The fourth-order valence-electron chi connectivity index (χ4n) is 1.71. The van der Waals surface area contributed by atoms with Crippen molar-refractivity contribution in [1.82, 2.24) is 4.90 Å². The van der Waals surface area contributed by atoms with Crippen molar-refractivity contribution in [2.24, 2.45) is 5.92 Å². The maximum absolute atomic E-state index is 2.54. The number of hydrogen-bond acceptors (Lipinski definition) is 2. The Labute approximate surface area is 107 Å². The Bertz CT molecular complexity index is 211. The molecular formula is C14H29NS. The molecule has 0 aliphatic carbocycles. The van der Waals surface area contributed by atoms with Crippen LogP contribution in [0.3, 0.4) is 0 Å². The molecule has 0 amide bonds. The maximum Gasteiger partial charge on any atom is 0.0636 e. The molecule has 0 aromatic carbocycles. The first-order valence-corrected chi connectivity index (χ1v) is 7.73. The highest BCUT2D eigenvalue weighted by molar-refractivity contribution is 7.99. The van der Waals surface area contributed by atoms with E-state index in [1.54, 1.807) is 5.57 Å². The smallest absolute Gasteiger partial charge is 0.0636 e. The van der Waals surface area contributed by atoms with E-state index >= 15 is 0 Å². The van der Waals surface area contributed by atoms with Crippen molar-refractivity contribution in [2.45, 2.75) is 54.4 Å². The Hall–Kier alpha value is -0.110. The van der Waals surface area contributed by atoms with Gasteiger partial charge in [0.2, 0.25) is 0 Å². The molecule has 0 N–H and O–H groups in total.